The van der Waals surface area contributed by atoms with Crippen LogP contribution in [-0.2, 0) is 6.54 Å². The molecule has 0 radical (unpaired) electrons. The van der Waals surface area contributed by atoms with E-state index in [1.54, 1.807) is 35.2 Å². The van der Waals surface area contributed by atoms with E-state index < -0.39 is 5.91 Å². The Morgan fingerprint density at radius 3 is 2.45 bits per heavy atom. The fourth-order valence-corrected chi connectivity index (χ4v) is 4.08. The molecule has 1 heterocycles. The van der Waals surface area contributed by atoms with E-state index in [-0.39, 0.29) is 17.2 Å². The Morgan fingerprint density at radius 1 is 1.00 bits per heavy atom. The van der Waals surface area contributed by atoms with Gasteiger partial charge in [-0.05, 0) is 60.2 Å². The molecule has 0 saturated carbocycles. The first-order valence-corrected chi connectivity index (χ1v) is 11.0. The van der Waals surface area contributed by atoms with Crippen molar-refractivity contribution in [3.8, 4) is 11.5 Å². The fraction of sp³-hybridized carbons (Fsp3) is 0.231. The van der Waals surface area contributed by atoms with Crippen molar-refractivity contribution < 1.29 is 19.5 Å². The number of likely N-dealkylation sites (tertiary alicyclic amines) is 1. The zero-order valence-electron chi connectivity index (χ0n) is 18.2. The van der Waals surface area contributed by atoms with Gasteiger partial charge in [-0.1, -0.05) is 42.5 Å². The number of aromatic hydroxyl groups is 1. The van der Waals surface area contributed by atoms with Gasteiger partial charge in [0.05, 0.1) is 5.56 Å². The summed E-state index contributed by atoms with van der Waals surface area (Å²) in [6, 6.07) is 21.4. The zero-order chi connectivity index (χ0) is 23.2. The Labute approximate surface area is 192 Å². The highest BCUT2D eigenvalue weighted by atomic mass is 16.7. The largest absolute Gasteiger partial charge is 0.507 e. The number of hydroxylamine groups is 1. The maximum absolute atomic E-state index is 13.0. The maximum Gasteiger partial charge on any atom is 0.287 e. The van der Waals surface area contributed by atoms with Crippen molar-refractivity contribution in [2.45, 2.75) is 25.3 Å². The molecule has 0 unspecified atom stereocenters. The average Bonchev–Trinajstić information content (AvgIpc) is 2.87. The highest BCUT2D eigenvalue weighted by molar-refractivity contribution is 5.99. The second kappa shape index (κ2) is 10.2. The van der Waals surface area contributed by atoms with Crippen LogP contribution < -0.4 is 16.1 Å². The first-order chi connectivity index (χ1) is 16.0. The Kier molecular flexibility index (Phi) is 6.90. The molecule has 0 aliphatic carbocycles. The van der Waals surface area contributed by atoms with Crippen LogP contribution in [0.25, 0.3) is 0 Å². The molecule has 7 heteroatoms. The smallest absolute Gasteiger partial charge is 0.287 e. The lowest BCUT2D eigenvalue weighted by Gasteiger charge is -2.32. The Balaban J connectivity index is 1.36. The van der Waals surface area contributed by atoms with Gasteiger partial charge in [0.25, 0.3) is 11.8 Å². The average molecular weight is 446 g/mol. The number of carbonyl (C=O) groups excluding carboxylic acids is 2. The maximum atomic E-state index is 13.0. The standard InChI is InChI=1S/C26H27N3O4/c27-17-18-5-4-6-20(15-18)19-11-13-29(14-12-19)26(32)21-9-10-23(24(30)16-21)25(31)28-33-22-7-2-1-3-8-22/h1-10,15-16,19,30H,11-14,17,27H2,(H,28,31). The van der Waals surface area contributed by atoms with Crippen molar-refractivity contribution in [1.82, 2.24) is 10.4 Å². The third-order valence-electron chi connectivity index (χ3n) is 5.93. The molecule has 7 nitrogen and oxygen atoms in total. The van der Waals surface area contributed by atoms with Crippen LogP contribution >= 0.6 is 0 Å². The zero-order valence-corrected chi connectivity index (χ0v) is 18.2. The molecule has 1 aliphatic heterocycles. The molecule has 3 aromatic rings. The van der Waals surface area contributed by atoms with Gasteiger partial charge in [-0.3, -0.25) is 9.59 Å². The third-order valence-corrected chi connectivity index (χ3v) is 5.93. The number of phenolic OH excluding ortho intramolecular Hbond substituents is 1. The molecular weight excluding hydrogens is 418 g/mol. The number of nitrogens with two attached hydrogens (primary N) is 1. The van der Waals surface area contributed by atoms with Crippen molar-refractivity contribution in [2.75, 3.05) is 13.1 Å². The molecule has 0 bridgehead atoms. The summed E-state index contributed by atoms with van der Waals surface area (Å²) >= 11 is 0. The van der Waals surface area contributed by atoms with E-state index in [0.717, 1.165) is 18.4 Å². The monoisotopic (exact) mass is 445 g/mol. The number of rotatable bonds is 6. The molecule has 0 aromatic heterocycles. The van der Waals surface area contributed by atoms with Crippen molar-refractivity contribution in [1.29, 1.82) is 0 Å². The first-order valence-electron chi connectivity index (χ1n) is 11.0. The summed E-state index contributed by atoms with van der Waals surface area (Å²) in [6.07, 6.45) is 1.73. The second-order valence-electron chi connectivity index (χ2n) is 8.09. The van der Waals surface area contributed by atoms with Crippen LogP contribution in [0, 0.1) is 0 Å². The molecule has 4 rings (SSSR count). The number of nitrogens with one attached hydrogen (secondary N) is 1. The summed E-state index contributed by atoms with van der Waals surface area (Å²) in [5.41, 5.74) is 10.8. The number of piperidine rings is 1. The minimum atomic E-state index is -0.601. The van der Waals surface area contributed by atoms with Gasteiger partial charge >= 0.3 is 0 Å². The van der Waals surface area contributed by atoms with E-state index in [1.165, 1.54) is 17.7 Å². The number of hydrogen-bond donors (Lipinski definition) is 3. The lowest BCUT2D eigenvalue weighted by molar-refractivity contribution is 0.0709. The summed E-state index contributed by atoms with van der Waals surface area (Å²) in [6.45, 7) is 1.77. The van der Waals surface area contributed by atoms with Crippen LogP contribution in [0.2, 0.25) is 0 Å². The summed E-state index contributed by atoms with van der Waals surface area (Å²) in [4.78, 5) is 32.3. The summed E-state index contributed by atoms with van der Waals surface area (Å²) in [5, 5.41) is 10.3. The van der Waals surface area contributed by atoms with E-state index in [1.807, 2.05) is 18.2 Å². The predicted octanol–water partition coefficient (Wildman–Crippen LogP) is 3.59. The quantitative estimate of drug-likeness (QED) is 0.503. The first kappa shape index (κ1) is 22.4. The number of carbonyl (C=O) groups is 2. The highest BCUT2D eigenvalue weighted by Gasteiger charge is 2.25. The molecule has 3 aromatic carbocycles. The van der Waals surface area contributed by atoms with Crippen LogP contribution in [0.1, 0.15) is 50.6 Å². The fourth-order valence-electron chi connectivity index (χ4n) is 4.08. The van der Waals surface area contributed by atoms with Gasteiger partial charge in [0.2, 0.25) is 0 Å². The number of para-hydroxylation sites is 1. The normalized spacial score (nSPS) is 14.0. The molecule has 0 spiro atoms. The minimum Gasteiger partial charge on any atom is -0.507 e. The molecule has 2 amide bonds. The Bertz CT molecular complexity index is 1130. The van der Waals surface area contributed by atoms with E-state index >= 15 is 0 Å². The minimum absolute atomic E-state index is 0.0287. The van der Waals surface area contributed by atoms with Gasteiger partial charge in [0.15, 0.2) is 5.75 Å². The topological polar surface area (TPSA) is 105 Å². The van der Waals surface area contributed by atoms with Gasteiger partial charge in [0.1, 0.15) is 5.75 Å². The number of hydrogen-bond acceptors (Lipinski definition) is 5. The van der Waals surface area contributed by atoms with Crippen molar-refractivity contribution in [3.63, 3.8) is 0 Å². The molecule has 170 valence electrons. The van der Waals surface area contributed by atoms with E-state index in [2.05, 4.69) is 17.6 Å². The van der Waals surface area contributed by atoms with Crippen LogP contribution in [0.5, 0.6) is 11.5 Å². The lowest BCUT2D eigenvalue weighted by Crippen LogP contribution is -2.38. The summed E-state index contributed by atoms with van der Waals surface area (Å²) < 4.78 is 0. The van der Waals surface area contributed by atoms with Gasteiger partial charge in [-0.2, -0.15) is 5.48 Å². The van der Waals surface area contributed by atoms with Crippen LogP contribution in [0.15, 0.2) is 72.8 Å². The Hall–Kier alpha value is -3.84. The predicted molar refractivity (Wildman–Crippen MR) is 125 cm³/mol. The van der Waals surface area contributed by atoms with Crippen molar-refractivity contribution >= 4 is 11.8 Å². The van der Waals surface area contributed by atoms with Crippen LogP contribution in [0.4, 0.5) is 0 Å². The molecule has 1 fully saturated rings. The molecule has 4 N–H and O–H groups in total. The van der Waals surface area contributed by atoms with Crippen molar-refractivity contribution in [3.05, 3.63) is 95.1 Å². The third kappa shape index (κ3) is 5.32. The molecular formula is C26H27N3O4. The second-order valence-corrected chi connectivity index (χ2v) is 8.09. The summed E-state index contributed by atoms with van der Waals surface area (Å²) in [5.74, 6) is -0.175. The number of nitrogens with zero attached hydrogens (tertiary/aromatic N) is 1. The van der Waals surface area contributed by atoms with E-state index in [0.29, 0.717) is 36.9 Å². The highest BCUT2D eigenvalue weighted by Crippen LogP contribution is 2.30. The lowest BCUT2D eigenvalue weighted by atomic mass is 9.88. The van der Waals surface area contributed by atoms with Gasteiger partial charge in [-0.15, -0.1) is 0 Å². The van der Waals surface area contributed by atoms with Crippen LogP contribution in [-0.4, -0.2) is 34.9 Å². The molecule has 1 saturated heterocycles. The number of benzene rings is 3. The van der Waals surface area contributed by atoms with Gasteiger partial charge < -0.3 is 20.6 Å². The number of phenols is 1. The van der Waals surface area contributed by atoms with Crippen LogP contribution in [0.3, 0.4) is 0 Å². The van der Waals surface area contributed by atoms with Gasteiger partial charge in [0, 0.05) is 25.2 Å². The van der Waals surface area contributed by atoms with E-state index in [4.69, 9.17) is 10.6 Å². The molecule has 1 aliphatic rings. The molecule has 0 atom stereocenters. The molecule has 33 heavy (non-hydrogen) atoms. The van der Waals surface area contributed by atoms with Gasteiger partial charge in [-0.25, -0.2) is 0 Å². The van der Waals surface area contributed by atoms with Crippen molar-refractivity contribution in [2.24, 2.45) is 5.73 Å². The Morgan fingerprint density at radius 2 is 1.76 bits per heavy atom. The van der Waals surface area contributed by atoms with E-state index in [9.17, 15) is 14.7 Å². The summed E-state index contributed by atoms with van der Waals surface area (Å²) in [7, 11) is 0. The SMILES string of the molecule is NCc1cccc(C2CCN(C(=O)c3ccc(C(=O)NOc4ccccc4)c(O)c3)CC2)c1. The number of amides is 2.